The van der Waals surface area contributed by atoms with E-state index in [-0.39, 0.29) is 0 Å². The topological polar surface area (TPSA) is 4.93 Å². The second kappa shape index (κ2) is 3.84. The third-order valence-corrected chi connectivity index (χ3v) is 3.77. The Morgan fingerprint density at radius 1 is 1.39 bits per heavy atom. The monoisotopic (exact) mass is 241 g/mol. The molecule has 2 heteroatoms. The van der Waals surface area contributed by atoms with Gasteiger partial charge in [-0.2, -0.15) is 0 Å². The second-order valence-corrected chi connectivity index (χ2v) is 4.82. The Labute approximate surface area is 107 Å². The van der Waals surface area contributed by atoms with Gasteiger partial charge in [0.05, 0.1) is 5.69 Å². The minimum Gasteiger partial charge on any atom is -0.350 e. The molecule has 0 N–H and O–H groups in total. The van der Waals surface area contributed by atoms with E-state index in [0.29, 0.717) is 0 Å². The van der Waals surface area contributed by atoms with Gasteiger partial charge in [-0.25, -0.2) is 4.39 Å². The molecule has 1 aliphatic carbocycles. The molecule has 0 saturated carbocycles. The van der Waals surface area contributed by atoms with Crippen LogP contribution >= 0.6 is 0 Å². The van der Waals surface area contributed by atoms with E-state index >= 15 is 0 Å². The first kappa shape index (κ1) is 11.3. The van der Waals surface area contributed by atoms with Crippen molar-refractivity contribution in [2.75, 3.05) is 0 Å². The predicted molar refractivity (Wildman–Crippen MR) is 73.1 cm³/mol. The van der Waals surface area contributed by atoms with Gasteiger partial charge in [0.25, 0.3) is 0 Å². The van der Waals surface area contributed by atoms with Crippen molar-refractivity contribution in [2.45, 2.75) is 19.5 Å². The molecule has 18 heavy (non-hydrogen) atoms. The van der Waals surface area contributed by atoms with Gasteiger partial charge >= 0.3 is 0 Å². The van der Waals surface area contributed by atoms with Crippen LogP contribution in [0.1, 0.15) is 36.2 Å². The standard InChI is InChI=1S/C16H16FN/c1-4-10(2)13-9-18(3)16-12-8-6-5-7-11(12)15(17)14(13)16/h5-9,15H,2,4H2,1,3H3. The van der Waals surface area contributed by atoms with Crippen LogP contribution in [0.3, 0.4) is 0 Å². The molecular formula is C16H16FN. The Hall–Kier alpha value is -1.83. The largest absolute Gasteiger partial charge is 0.350 e. The number of halogens is 1. The maximum absolute atomic E-state index is 14.6. The molecule has 0 bridgehead atoms. The number of fused-ring (bicyclic) bond motifs is 3. The minimum atomic E-state index is -1.02. The molecule has 1 unspecified atom stereocenters. The molecule has 0 fully saturated rings. The predicted octanol–water partition coefficient (Wildman–Crippen LogP) is 4.49. The summed E-state index contributed by atoms with van der Waals surface area (Å²) in [7, 11) is 1.97. The van der Waals surface area contributed by atoms with Gasteiger partial charge in [0, 0.05) is 29.9 Å². The SMILES string of the molecule is C=C(CC)c1cn(C)c2c1C(F)c1ccccc1-2. The van der Waals surface area contributed by atoms with E-state index in [1.807, 2.05) is 42.1 Å². The van der Waals surface area contributed by atoms with E-state index < -0.39 is 6.17 Å². The zero-order chi connectivity index (χ0) is 12.9. The quantitative estimate of drug-likeness (QED) is 0.730. The summed E-state index contributed by atoms with van der Waals surface area (Å²) < 4.78 is 16.6. The first-order valence-corrected chi connectivity index (χ1v) is 6.25. The number of aryl methyl sites for hydroxylation is 1. The molecular weight excluding hydrogens is 225 g/mol. The summed E-state index contributed by atoms with van der Waals surface area (Å²) in [4.78, 5) is 0. The van der Waals surface area contributed by atoms with E-state index in [1.165, 1.54) is 0 Å². The Balaban J connectivity index is 2.29. The molecule has 0 aliphatic heterocycles. The summed E-state index contributed by atoms with van der Waals surface area (Å²) in [6.45, 7) is 6.10. The number of hydrogen-bond donors (Lipinski definition) is 0. The summed E-state index contributed by atoms with van der Waals surface area (Å²) in [5, 5.41) is 0. The van der Waals surface area contributed by atoms with Gasteiger partial charge in [-0.15, -0.1) is 0 Å². The molecule has 0 radical (unpaired) electrons. The summed E-state index contributed by atoms with van der Waals surface area (Å²) in [5.74, 6) is 0. The van der Waals surface area contributed by atoms with Crippen LogP contribution in [-0.4, -0.2) is 4.57 Å². The van der Waals surface area contributed by atoms with Crippen molar-refractivity contribution < 1.29 is 4.39 Å². The first-order chi connectivity index (χ1) is 8.65. The summed E-state index contributed by atoms with van der Waals surface area (Å²) in [5.41, 5.74) is 5.57. The highest BCUT2D eigenvalue weighted by Crippen LogP contribution is 2.49. The Kier molecular flexibility index (Phi) is 2.40. The lowest BCUT2D eigenvalue weighted by molar-refractivity contribution is 0.409. The van der Waals surface area contributed by atoms with Gasteiger partial charge in [-0.3, -0.25) is 0 Å². The summed E-state index contributed by atoms with van der Waals surface area (Å²) in [6.07, 6.45) is 1.83. The molecule has 1 heterocycles. The molecule has 1 aromatic heterocycles. The van der Waals surface area contributed by atoms with Gasteiger partial charge in [0.15, 0.2) is 6.17 Å². The number of alkyl halides is 1. The molecule has 2 aromatic rings. The van der Waals surface area contributed by atoms with E-state index in [4.69, 9.17) is 0 Å². The molecule has 92 valence electrons. The van der Waals surface area contributed by atoms with Crippen molar-refractivity contribution in [3.63, 3.8) is 0 Å². The Morgan fingerprint density at radius 2 is 2.11 bits per heavy atom. The van der Waals surface area contributed by atoms with Gasteiger partial charge < -0.3 is 4.57 Å². The zero-order valence-electron chi connectivity index (χ0n) is 10.7. The van der Waals surface area contributed by atoms with Gasteiger partial charge in [-0.1, -0.05) is 37.8 Å². The fourth-order valence-electron chi connectivity index (χ4n) is 2.80. The number of rotatable bonds is 2. The number of nitrogens with zero attached hydrogens (tertiary/aromatic N) is 1. The lowest BCUT2D eigenvalue weighted by Crippen LogP contribution is -1.92. The third kappa shape index (κ3) is 1.32. The Morgan fingerprint density at radius 3 is 2.83 bits per heavy atom. The van der Waals surface area contributed by atoms with Crippen LogP contribution in [0.4, 0.5) is 4.39 Å². The van der Waals surface area contributed by atoms with Crippen LogP contribution in [0, 0.1) is 0 Å². The summed E-state index contributed by atoms with van der Waals surface area (Å²) >= 11 is 0. The normalized spacial score (nSPS) is 16.5. The maximum atomic E-state index is 14.6. The van der Waals surface area contributed by atoms with Crippen LogP contribution in [0.25, 0.3) is 16.8 Å². The third-order valence-electron chi connectivity index (χ3n) is 3.77. The van der Waals surface area contributed by atoms with Crippen molar-refractivity contribution in [2.24, 2.45) is 7.05 Å². The van der Waals surface area contributed by atoms with Gasteiger partial charge in [0.1, 0.15) is 0 Å². The van der Waals surface area contributed by atoms with Crippen LogP contribution in [0.5, 0.6) is 0 Å². The number of allylic oxidation sites excluding steroid dienone is 1. The Bertz CT molecular complexity index is 637. The zero-order valence-corrected chi connectivity index (χ0v) is 10.7. The van der Waals surface area contributed by atoms with E-state index in [1.54, 1.807) is 0 Å². The molecule has 1 atom stereocenters. The number of benzene rings is 1. The second-order valence-electron chi connectivity index (χ2n) is 4.82. The van der Waals surface area contributed by atoms with Crippen molar-refractivity contribution in [1.29, 1.82) is 0 Å². The van der Waals surface area contributed by atoms with Gasteiger partial charge in [0.2, 0.25) is 0 Å². The fourth-order valence-corrected chi connectivity index (χ4v) is 2.80. The molecule has 0 saturated heterocycles. The van der Waals surface area contributed by atoms with E-state index in [2.05, 4.69) is 13.5 Å². The van der Waals surface area contributed by atoms with Crippen molar-refractivity contribution >= 4 is 5.57 Å². The lowest BCUT2D eigenvalue weighted by Gasteiger charge is -2.07. The maximum Gasteiger partial charge on any atom is 0.154 e. The average molecular weight is 241 g/mol. The number of aromatic nitrogens is 1. The van der Waals surface area contributed by atoms with Crippen molar-refractivity contribution in [1.82, 2.24) is 4.57 Å². The van der Waals surface area contributed by atoms with Gasteiger partial charge in [-0.05, 0) is 17.6 Å². The van der Waals surface area contributed by atoms with E-state index in [9.17, 15) is 4.39 Å². The van der Waals surface area contributed by atoms with Crippen LogP contribution < -0.4 is 0 Å². The van der Waals surface area contributed by atoms with Crippen molar-refractivity contribution in [3.8, 4) is 11.3 Å². The van der Waals surface area contributed by atoms with Crippen LogP contribution in [0.2, 0.25) is 0 Å². The molecule has 3 rings (SSSR count). The fraction of sp³-hybridized carbons (Fsp3) is 0.250. The molecule has 0 spiro atoms. The molecule has 1 aliphatic rings. The lowest BCUT2D eigenvalue weighted by atomic mass is 10.0. The smallest absolute Gasteiger partial charge is 0.154 e. The molecule has 1 nitrogen and oxygen atoms in total. The molecule has 1 aromatic carbocycles. The summed E-state index contributed by atoms with van der Waals surface area (Å²) in [6, 6.07) is 7.72. The molecule has 0 amide bonds. The van der Waals surface area contributed by atoms with Crippen LogP contribution in [-0.2, 0) is 7.05 Å². The highest BCUT2D eigenvalue weighted by atomic mass is 19.1. The van der Waals surface area contributed by atoms with Crippen molar-refractivity contribution in [3.05, 3.63) is 53.7 Å². The first-order valence-electron chi connectivity index (χ1n) is 6.25. The average Bonchev–Trinajstić information content (AvgIpc) is 2.88. The van der Waals surface area contributed by atoms with Crippen LogP contribution in [0.15, 0.2) is 37.0 Å². The minimum absolute atomic E-state index is 0.781. The highest BCUT2D eigenvalue weighted by Gasteiger charge is 2.33. The highest BCUT2D eigenvalue weighted by molar-refractivity contribution is 5.83. The van der Waals surface area contributed by atoms with E-state index in [0.717, 1.165) is 39.9 Å². The number of hydrogen-bond acceptors (Lipinski definition) is 0.